The van der Waals surface area contributed by atoms with Gasteiger partial charge in [0.2, 0.25) is 5.91 Å². The molecule has 0 aromatic carbocycles. The SMILES string of the molecule is Cc1ccnc(NC(=O)C2CCCN2S(=O)(=O)c2ccc(Br)s2)c1. The summed E-state index contributed by atoms with van der Waals surface area (Å²) in [4.78, 5) is 16.7. The number of hydrogen-bond acceptors (Lipinski definition) is 5. The Morgan fingerprint density at radius 3 is 2.88 bits per heavy atom. The van der Waals surface area contributed by atoms with Crippen molar-refractivity contribution in [1.29, 1.82) is 0 Å². The predicted octanol–water partition coefficient (Wildman–Crippen LogP) is 3.01. The normalized spacial score (nSPS) is 18.7. The van der Waals surface area contributed by atoms with Crippen LogP contribution < -0.4 is 5.32 Å². The van der Waals surface area contributed by atoms with E-state index in [1.807, 2.05) is 13.0 Å². The number of nitrogens with one attached hydrogen (secondary N) is 1. The molecule has 1 fully saturated rings. The monoisotopic (exact) mass is 429 g/mol. The van der Waals surface area contributed by atoms with Gasteiger partial charge in [-0.1, -0.05) is 0 Å². The fourth-order valence-electron chi connectivity index (χ4n) is 2.66. The number of nitrogens with zero attached hydrogens (tertiary/aromatic N) is 2. The Labute approximate surface area is 153 Å². The summed E-state index contributed by atoms with van der Waals surface area (Å²) in [5.41, 5.74) is 0.972. The molecule has 1 saturated heterocycles. The number of carbonyl (C=O) groups is 1. The highest BCUT2D eigenvalue weighted by Gasteiger charge is 2.40. The lowest BCUT2D eigenvalue weighted by Gasteiger charge is -2.22. The van der Waals surface area contributed by atoms with Crippen molar-refractivity contribution in [2.24, 2.45) is 0 Å². The van der Waals surface area contributed by atoms with Crippen molar-refractivity contribution in [3.8, 4) is 0 Å². The number of aromatic nitrogens is 1. The lowest BCUT2D eigenvalue weighted by Crippen LogP contribution is -2.43. The second-order valence-corrected chi connectivity index (χ2v) is 10.1. The minimum Gasteiger partial charge on any atom is -0.309 e. The molecule has 3 rings (SSSR count). The molecule has 1 aliphatic rings. The third-order valence-corrected chi connectivity index (χ3v) is 7.78. The molecule has 6 nitrogen and oxygen atoms in total. The van der Waals surface area contributed by atoms with E-state index in [2.05, 4.69) is 26.2 Å². The maximum Gasteiger partial charge on any atom is 0.253 e. The van der Waals surface area contributed by atoms with Crippen molar-refractivity contribution in [2.45, 2.75) is 30.0 Å². The van der Waals surface area contributed by atoms with Gasteiger partial charge in [-0.25, -0.2) is 13.4 Å². The Balaban J connectivity index is 1.81. The molecule has 0 bridgehead atoms. The zero-order valence-electron chi connectivity index (χ0n) is 12.9. The minimum atomic E-state index is -3.67. The first-order valence-electron chi connectivity index (χ1n) is 7.38. The van der Waals surface area contributed by atoms with Crippen LogP contribution in [-0.2, 0) is 14.8 Å². The van der Waals surface area contributed by atoms with E-state index in [1.54, 1.807) is 24.4 Å². The Morgan fingerprint density at radius 1 is 1.42 bits per heavy atom. The van der Waals surface area contributed by atoms with Gasteiger partial charge in [-0.2, -0.15) is 4.31 Å². The Morgan fingerprint density at radius 2 is 2.21 bits per heavy atom. The lowest BCUT2D eigenvalue weighted by atomic mass is 10.2. The van der Waals surface area contributed by atoms with E-state index < -0.39 is 16.1 Å². The van der Waals surface area contributed by atoms with Gasteiger partial charge >= 0.3 is 0 Å². The fraction of sp³-hybridized carbons (Fsp3) is 0.333. The molecule has 24 heavy (non-hydrogen) atoms. The molecular formula is C15H16BrN3O3S2. The summed E-state index contributed by atoms with van der Waals surface area (Å²) in [6.45, 7) is 2.25. The molecule has 0 spiro atoms. The molecule has 0 saturated carbocycles. The Bertz CT molecular complexity index is 866. The third-order valence-electron chi connectivity index (χ3n) is 3.78. The first-order valence-corrected chi connectivity index (χ1v) is 10.4. The quantitative estimate of drug-likeness (QED) is 0.809. The first-order chi connectivity index (χ1) is 11.4. The molecule has 2 aromatic rings. The molecule has 0 radical (unpaired) electrons. The minimum absolute atomic E-state index is 0.239. The van der Waals surface area contributed by atoms with E-state index in [0.29, 0.717) is 25.2 Å². The van der Waals surface area contributed by atoms with Crippen molar-refractivity contribution in [1.82, 2.24) is 9.29 Å². The highest BCUT2D eigenvalue weighted by molar-refractivity contribution is 9.11. The van der Waals surface area contributed by atoms with Crippen LogP contribution >= 0.6 is 27.3 Å². The van der Waals surface area contributed by atoms with E-state index in [9.17, 15) is 13.2 Å². The second kappa shape index (κ2) is 6.91. The molecule has 1 unspecified atom stereocenters. The molecule has 9 heteroatoms. The molecular weight excluding hydrogens is 414 g/mol. The maximum absolute atomic E-state index is 12.8. The van der Waals surface area contributed by atoms with Crippen molar-refractivity contribution in [2.75, 3.05) is 11.9 Å². The van der Waals surface area contributed by atoms with E-state index >= 15 is 0 Å². The van der Waals surface area contributed by atoms with E-state index in [1.165, 1.54) is 4.31 Å². The van der Waals surface area contributed by atoms with Crippen LogP contribution in [0.1, 0.15) is 18.4 Å². The number of thiophene rings is 1. The average Bonchev–Trinajstić information content (AvgIpc) is 3.16. The molecule has 1 aliphatic heterocycles. The molecule has 1 amide bonds. The number of rotatable bonds is 4. The van der Waals surface area contributed by atoms with Crippen LogP contribution in [0.15, 0.2) is 38.5 Å². The number of carbonyl (C=O) groups excluding carboxylic acids is 1. The molecule has 1 N–H and O–H groups in total. The number of hydrogen-bond donors (Lipinski definition) is 1. The van der Waals surface area contributed by atoms with Gasteiger partial charge in [-0.3, -0.25) is 4.79 Å². The summed E-state index contributed by atoms with van der Waals surface area (Å²) in [7, 11) is -3.67. The lowest BCUT2D eigenvalue weighted by molar-refractivity contribution is -0.119. The summed E-state index contributed by atoms with van der Waals surface area (Å²) in [5.74, 6) is 0.0907. The van der Waals surface area contributed by atoms with E-state index in [4.69, 9.17) is 0 Å². The largest absolute Gasteiger partial charge is 0.309 e. The number of sulfonamides is 1. The van der Waals surface area contributed by atoms with Gasteiger partial charge < -0.3 is 5.32 Å². The number of pyridine rings is 1. The molecule has 2 aromatic heterocycles. The molecule has 3 heterocycles. The summed E-state index contributed by atoms with van der Waals surface area (Å²) in [6.07, 6.45) is 2.77. The summed E-state index contributed by atoms with van der Waals surface area (Å²) >= 11 is 4.42. The first kappa shape index (κ1) is 17.5. The zero-order valence-corrected chi connectivity index (χ0v) is 16.1. The van der Waals surface area contributed by atoms with Gasteiger partial charge in [0, 0.05) is 12.7 Å². The maximum atomic E-state index is 12.8. The average molecular weight is 430 g/mol. The van der Waals surface area contributed by atoms with Gasteiger partial charge in [-0.05, 0) is 65.5 Å². The van der Waals surface area contributed by atoms with Crippen LogP contribution in [0.4, 0.5) is 5.82 Å². The highest BCUT2D eigenvalue weighted by atomic mass is 79.9. The summed E-state index contributed by atoms with van der Waals surface area (Å²) in [6, 6.07) is 6.12. The topological polar surface area (TPSA) is 79.4 Å². The third kappa shape index (κ3) is 3.53. The van der Waals surface area contributed by atoms with Gasteiger partial charge in [0.25, 0.3) is 10.0 Å². The smallest absolute Gasteiger partial charge is 0.253 e. The van der Waals surface area contributed by atoms with Crippen LogP contribution in [0.3, 0.4) is 0 Å². The number of halogens is 1. The Hall–Kier alpha value is -1.29. The molecule has 0 aliphatic carbocycles. The number of amides is 1. The number of aryl methyl sites for hydroxylation is 1. The van der Waals surface area contributed by atoms with Gasteiger partial charge in [0.1, 0.15) is 16.1 Å². The summed E-state index contributed by atoms with van der Waals surface area (Å²) < 4.78 is 27.8. The van der Waals surface area contributed by atoms with Gasteiger partial charge in [0.05, 0.1) is 3.79 Å². The van der Waals surface area contributed by atoms with Crippen LogP contribution in [0.2, 0.25) is 0 Å². The van der Waals surface area contributed by atoms with Crippen molar-refractivity contribution in [3.05, 3.63) is 39.8 Å². The van der Waals surface area contributed by atoms with Crippen LogP contribution in [0.25, 0.3) is 0 Å². The molecule has 128 valence electrons. The van der Waals surface area contributed by atoms with Crippen molar-refractivity contribution < 1.29 is 13.2 Å². The van der Waals surface area contributed by atoms with E-state index in [-0.39, 0.29) is 10.1 Å². The van der Waals surface area contributed by atoms with Crippen LogP contribution in [0, 0.1) is 6.92 Å². The summed E-state index contributed by atoms with van der Waals surface area (Å²) in [5, 5.41) is 2.72. The number of anilines is 1. The Kier molecular flexibility index (Phi) is 5.05. The fourth-order valence-corrected chi connectivity index (χ4v) is 6.45. The molecule has 1 atom stereocenters. The van der Waals surface area contributed by atoms with Crippen molar-refractivity contribution >= 4 is 49.0 Å². The second-order valence-electron chi connectivity index (χ2n) is 5.54. The van der Waals surface area contributed by atoms with Crippen LogP contribution in [0.5, 0.6) is 0 Å². The van der Waals surface area contributed by atoms with Crippen LogP contribution in [-0.4, -0.2) is 36.2 Å². The highest BCUT2D eigenvalue weighted by Crippen LogP contribution is 2.32. The van der Waals surface area contributed by atoms with Crippen molar-refractivity contribution in [3.63, 3.8) is 0 Å². The predicted molar refractivity (Wildman–Crippen MR) is 96.5 cm³/mol. The zero-order chi connectivity index (χ0) is 17.3. The van der Waals surface area contributed by atoms with E-state index in [0.717, 1.165) is 20.7 Å². The standard InChI is InChI=1S/C15H16BrN3O3S2/c1-10-6-7-17-13(9-10)18-15(20)11-3-2-8-19(11)24(21,22)14-5-4-12(16)23-14/h4-7,9,11H,2-3,8H2,1H3,(H,17,18,20). The van der Waals surface area contributed by atoms with Gasteiger partial charge in [-0.15, -0.1) is 11.3 Å². The van der Waals surface area contributed by atoms with Gasteiger partial charge in [0.15, 0.2) is 0 Å².